The van der Waals surface area contributed by atoms with Crippen LogP contribution < -0.4 is 20.2 Å². The summed E-state index contributed by atoms with van der Waals surface area (Å²) in [6.45, 7) is 5.51. The van der Waals surface area contributed by atoms with Gasteiger partial charge >= 0.3 is 5.69 Å². The van der Waals surface area contributed by atoms with Crippen LogP contribution in [0.2, 0.25) is 10.0 Å². The number of benzene rings is 3. The third-order valence-corrected chi connectivity index (χ3v) is 9.08. The lowest BCUT2D eigenvalue weighted by atomic mass is 10.1. The van der Waals surface area contributed by atoms with E-state index < -0.39 is 5.79 Å². The number of anilines is 2. The lowest BCUT2D eigenvalue weighted by Crippen LogP contribution is -2.35. The molecule has 0 amide bonds. The molecule has 3 atom stereocenters. The van der Waals surface area contributed by atoms with Gasteiger partial charge in [-0.15, -0.1) is 0 Å². The molecule has 14 heteroatoms. The Labute approximate surface area is 287 Å². The van der Waals surface area contributed by atoms with Gasteiger partial charge < -0.3 is 24.0 Å². The lowest BCUT2D eigenvalue weighted by Gasteiger charge is -2.29. The zero-order valence-corrected chi connectivity index (χ0v) is 27.9. The van der Waals surface area contributed by atoms with Gasteiger partial charge in [-0.2, -0.15) is 10.2 Å². The average Bonchev–Trinajstić information content (AvgIpc) is 3.92. The third kappa shape index (κ3) is 6.44. The van der Waals surface area contributed by atoms with Crippen LogP contribution in [0.15, 0.2) is 103 Å². The fourth-order valence-electron chi connectivity index (χ4n) is 5.73. The highest BCUT2D eigenvalue weighted by Gasteiger charge is 2.45. The van der Waals surface area contributed by atoms with Gasteiger partial charge in [-0.05, 0) is 74.0 Å². The Morgan fingerprint density at radius 1 is 0.958 bits per heavy atom. The zero-order valence-electron chi connectivity index (χ0n) is 26.4. The first-order chi connectivity index (χ1) is 23.3. The van der Waals surface area contributed by atoms with Crippen molar-refractivity contribution in [2.24, 2.45) is 0 Å². The number of nitrogens with zero attached hydrogens (tertiary/aromatic N) is 8. The minimum atomic E-state index is -1.17. The summed E-state index contributed by atoms with van der Waals surface area (Å²) >= 11 is 12.7. The number of aromatic nitrogens is 6. The van der Waals surface area contributed by atoms with Crippen molar-refractivity contribution < 1.29 is 14.2 Å². The van der Waals surface area contributed by atoms with E-state index in [1.54, 1.807) is 40.1 Å². The van der Waals surface area contributed by atoms with E-state index in [0.29, 0.717) is 34.6 Å². The van der Waals surface area contributed by atoms with Gasteiger partial charge in [0.15, 0.2) is 0 Å². The van der Waals surface area contributed by atoms with Gasteiger partial charge in [0.25, 0.3) is 0 Å². The SMILES string of the molecule is CCC(C)n1ncn(-c2ccc(N3C=CN(c4ccc(OC[C@H]5CO[C@](Cn6cncn6)(c6ccc(Cl)cc6Cl)O5)cc4)C3)cc2)c1=O. The molecule has 0 radical (unpaired) electrons. The first kappa shape index (κ1) is 32.0. The van der Waals surface area contributed by atoms with E-state index in [1.807, 2.05) is 74.8 Å². The molecule has 0 spiro atoms. The molecule has 2 aromatic heterocycles. The molecule has 0 bridgehead atoms. The summed E-state index contributed by atoms with van der Waals surface area (Å²) in [5.74, 6) is -0.459. The van der Waals surface area contributed by atoms with E-state index in [2.05, 4.69) is 25.0 Å². The van der Waals surface area contributed by atoms with Gasteiger partial charge in [-0.3, -0.25) is 0 Å². The summed E-state index contributed by atoms with van der Waals surface area (Å²) in [7, 11) is 0. The quantitative estimate of drug-likeness (QED) is 0.165. The smallest absolute Gasteiger partial charge is 0.350 e. The van der Waals surface area contributed by atoms with Crippen molar-refractivity contribution >= 4 is 34.6 Å². The maximum absolute atomic E-state index is 12.8. The summed E-state index contributed by atoms with van der Waals surface area (Å²) in [4.78, 5) is 21.1. The van der Waals surface area contributed by atoms with Crippen LogP contribution in [0.25, 0.3) is 5.69 Å². The molecule has 5 aromatic rings. The monoisotopic (exact) mass is 688 g/mol. The minimum Gasteiger partial charge on any atom is -0.491 e. The summed E-state index contributed by atoms with van der Waals surface area (Å²) in [5.41, 5.74) is 3.33. The topological polar surface area (TPSA) is 105 Å². The fourth-order valence-corrected chi connectivity index (χ4v) is 6.29. The van der Waals surface area contributed by atoms with Crippen molar-refractivity contribution in [3.8, 4) is 11.4 Å². The molecule has 248 valence electrons. The number of ether oxygens (including phenoxy) is 3. The molecule has 3 aromatic carbocycles. The predicted molar refractivity (Wildman–Crippen MR) is 183 cm³/mol. The number of halogens is 2. The molecule has 48 heavy (non-hydrogen) atoms. The average molecular weight is 690 g/mol. The van der Waals surface area contributed by atoms with E-state index in [0.717, 1.165) is 23.5 Å². The Morgan fingerprint density at radius 3 is 2.33 bits per heavy atom. The molecule has 2 aliphatic heterocycles. The van der Waals surface area contributed by atoms with Gasteiger partial charge in [-0.25, -0.2) is 23.7 Å². The molecule has 12 nitrogen and oxygen atoms in total. The van der Waals surface area contributed by atoms with Gasteiger partial charge in [-0.1, -0.05) is 36.2 Å². The van der Waals surface area contributed by atoms with E-state index in [1.165, 1.54) is 11.0 Å². The number of rotatable bonds is 11. The second kappa shape index (κ2) is 13.5. The summed E-state index contributed by atoms with van der Waals surface area (Å²) in [6.07, 6.45) is 9.18. The summed E-state index contributed by atoms with van der Waals surface area (Å²) in [6, 6.07) is 21.1. The molecule has 1 saturated heterocycles. The highest BCUT2D eigenvalue weighted by atomic mass is 35.5. The summed E-state index contributed by atoms with van der Waals surface area (Å²) in [5, 5.41) is 9.47. The molecule has 0 saturated carbocycles. The Morgan fingerprint density at radius 2 is 1.67 bits per heavy atom. The highest BCUT2D eigenvalue weighted by molar-refractivity contribution is 6.35. The Kier molecular flexibility index (Phi) is 8.97. The molecule has 0 aliphatic carbocycles. The predicted octanol–water partition coefficient (Wildman–Crippen LogP) is 6.01. The second-order valence-corrected chi connectivity index (χ2v) is 12.6. The minimum absolute atomic E-state index is 0.0491. The standard InChI is InChI=1S/C34H34Cl2N8O4/c1-3-24(2)44-33(45)43(22-39-44)28-7-5-26(6-8-28)40-14-15-41(23-40)27-9-11-29(12-10-27)46-17-30-18-47-34(48-30,19-42-21-37-20-38-42)31-13-4-25(35)16-32(31)36/h4-16,20-22,24,30H,3,17-19,23H2,1-2H3/t24?,30-,34-/m0/s1. The highest BCUT2D eigenvalue weighted by Crippen LogP contribution is 2.40. The van der Waals surface area contributed by atoms with E-state index in [4.69, 9.17) is 37.4 Å². The van der Waals surface area contributed by atoms with Crippen molar-refractivity contribution in [1.82, 2.24) is 29.1 Å². The molecular formula is C34H34Cl2N8O4. The van der Waals surface area contributed by atoms with Crippen molar-refractivity contribution in [2.45, 2.75) is 44.7 Å². The molecule has 1 fully saturated rings. The number of hydrogen-bond donors (Lipinski definition) is 0. The fraction of sp³-hybridized carbons (Fsp3) is 0.294. The van der Waals surface area contributed by atoms with Gasteiger partial charge in [0.05, 0.1) is 30.0 Å². The molecular weight excluding hydrogens is 655 g/mol. The van der Waals surface area contributed by atoms with Crippen LogP contribution in [-0.2, 0) is 21.8 Å². The molecule has 7 rings (SSSR count). The largest absolute Gasteiger partial charge is 0.491 e. The van der Waals surface area contributed by atoms with E-state index >= 15 is 0 Å². The van der Waals surface area contributed by atoms with Crippen LogP contribution in [-0.4, -0.2) is 55.1 Å². The van der Waals surface area contributed by atoms with Gasteiger partial charge in [0.2, 0.25) is 5.79 Å². The van der Waals surface area contributed by atoms with Crippen LogP contribution in [0.5, 0.6) is 5.75 Å². The first-order valence-electron chi connectivity index (χ1n) is 15.6. The van der Waals surface area contributed by atoms with Crippen molar-refractivity contribution in [2.75, 3.05) is 29.7 Å². The van der Waals surface area contributed by atoms with Crippen LogP contribution in [0.4, 0.5) is 11.4 Å². The van der Waals surface area contributed by atoms with Crippen molar-refractivity contribution in [3.05, 3.63) is 124 Å². The number of hydrogen-bond acceptors (Lipinski definition) is 9. The van der Waals surface area contributed by atoms with E-state index in [-0.39, 0.29) is 31.0 Å². The molecule has 4 heterocycles. The maximum atomic E-state index is 12.8. The Hall–Kier alpha value is -4.62. The normalized spacial score (nSPS) is 19.7. The first-order valence-corrected chi connectivity index (χ1v) is 16.4. The van der Waals surface area contributed by atoms with Gasteiger partial charge in [0.1, 0.15) is 44.0 Å². The third-order valence-electron chi connectivity index (χ3n) is 8.53. The molecule has 2 aliphatic rings. The van der Waals surface area contributed by atoms with Gasteiger partial charge in [0, 0.05) is 34.4 Å². The van der Waals surface area contributed by atoms with E-state index in [9.17, 15) is 4.79 Å². The maximum Gasteiger partial charge on any atom is 0.350 e. The second-order valence-electron chi connectivity index (χ2n) is 11.7. The van der Waals surface area contributed by atoms with Crippen molar-refractivity contribution in [3.63, 3.8) is 0 Å². The van der Waals surface area contributed by atoms with Crippen LogP contribution in [0.1, 0.15) is 31.9 Å². The lowest BCUT2D eigenvalue weighted by molar-refractivity contribution is -0.190. The Bertz CT molecular complexity index is 1950. The summed E-state index contributed by atoms with van der Waals surface area (Å²) < 4.78 is 23.6. The molecule has 1 unspecified atom stereocenters. The zero-order chi connectivity index (χ0) is 33.3. The van der Waals surface area contributed by atoms with Crippen LogP contribution >= 0.6 is 23.2 Å². The van der Waals surface area contributed by atoms with Crippen molar-refractivity contribution in [1.29, 1.82) is 0 Å². The molecule has 0 N–H and O–H groups in total. The van der Waals surface area contributed by atoms with Crippen LogP contribution in [0.3, 0.4) is 0 Å². The van der Waals surface area contributed by atoms with Crippen LogP contribution in [0, 0.1) is 0 Å². The Balaban J connectivity index is 0.954.